The molecule has 1 aromatic heterocycles. The Bertz CT molecular complexity index is 262. The van der Waals surface area contributed by atoms with E-state index in [1.54, 1.807) is 0 Å². The highest BCUT2D eigenvalue weighted by Gasteiger charge is 2.14. The van der Waals surface area contributed by atoms with E-state index in [9.17, 15) is 0 Å². The van der Waals surface area contributed by atoms with E-state index in [1.807, 2.05) is 6.33 Å². The number of aromatic nitrogens is 2. The molecule has 1 aromatic rings. The number of hydrogen-bond donors (Lipinski definition) is 2. The van der Waals surface area contributed by atoms with E-state index >= 15 is 0 Å². The van der Waals surface area contributed by atoms with Crippen LogP contribution in [0.4, 0.5) is 0 Å². The van der Waals surface area contributed by atoms with Crippen molar-refractivity contribution in [2.75, 3.05) is 13.1 Å². The molecule has 0 amide bonds. The van der Waals surface area contributed by atoms with Gasteiger partial charge in [-0.25, -0.2) is 4.98 Å². The van der Waals surface area contributed by atoms with Crippen molar-refractivity contribution in [3.05, 3.63) is 18.2 Å². The predicted octanol–water partition coefficient (Wildman–Crippen LogP) is 0.266. The van der Waals surface area contributed by atoms with Crippen LogP contribution in [0.5, 0.6) is 0 Å². The van der Waals surface area contributed by atoms with Gasteiger partial charge in [0.25, 0.3) is 0 Å². The Morgan fingerprint density at radius 3 is 3.23 bits per heavy atom. The van der Waals surface area contributed by atoms with Crippen LogP contribution in [0.3, 0.4) is 0 Å². The zero-order chi connectivity index (χ0) is 9.10. The highest BCUT2D eigenvalue weighted by molar-refractivity contribution is 4.97. The minimum absolute atomic E-state index is 0.535. The van der Waals surface area contributed by atoms with Gasteiger partial charge >= 0.3 is 0 Å². The Hall–Kier alpha value is -0.870. The molecule has 3 N–H and O–H groups in total. The lowest BCUT2D eigenvalue weighted by atomic mass is 10.1. The van der Waals surface area contributed by atoms with Crippen molar-refractivity contribution in [2.24, 2.45) is 5.73 Å². The smallest absolute Gasteiger partial charge is 0.0953 e. The lowest BCUT2D eigenvalue weighted by molar-refractivity contribution is 0.371. The summed E-state index contributed by atoms with van der Waals surface area (Å²) in [5.74, 6) is 0. The summed E-state index contributed by atoms with van der Waals surface area (Å²) in [6.07, 6.45) is 6.44. The molecule has 1 saturated heterocycles. The first kappa shape index (κ1) is 8.72. The van der Waals surface area contributed by atoms with Crippen molar-refractivity contribution in [2.45, 2.75) is 25.4 Å². The third kappa shape index (κ3) is 1.89. The van der Waals surface area contributed by atoms with Crippen LogP contribution in [0, 0.1) is 0 Å². The summed E-state index contributed by atoms with van der Waals surface area (Å²) < 4.78 is 2.17. The van der Waals surface area contributed by atoms with Crippen LogP contribution in [-0.2, 0) is 6.54 Å². The van der Waals surface area contributed by atoms with E-state index < -0.39 is 0 Å². The molecule has 2 rings (SSSR count). The first-order valence-electron chi connectivity index (χ1n) is 4.83. The lowest BCUT2D eigenvalue weighted by Crippen LogP contribution is -2.31. The fourth-order valence-corrected chi connectivity index (χ4v) is 1.77. The van der Waals surface area contributed by atoms with Crippen LogP contribution in [0.1, 0.15) is 24.6 Å². The molecular weight excluding hydrogens is 164 g/mol. The van der Waals surface area contributed by atoms with Gasteiger partial charge in [-0.05, 0) is 19.4 Å². The van der Waals surface area contributed by atoms with Gasteiger partial charge in [-0.3, -0.25) is 0 Å². The van der Waals surface area contributed by atoms with Crippen LogP contribution < -0.4 is 11.1 Å². The molecule has 4 heteroatoms. The average molecular weight is 180 g/mol. The van der Waals surface area contributed by atoms with E-state index in [0.717, 1.165) is 18.8 Å². The number of imidazole rings is 1. The van der Waals surface area contributed by atoms with Crippen molar-refractivity contribution in [1.29, 1.82) is 0 Å². The molecule has 4 nitrogen and oxygen atoms in total. The second-order valence-corrected chi connectivity index (χ2v) is 3.52. The molecule has 1 atom stereocenters. The first-order chi connectivity index (χ1) is 6.40. The standard InChI is InChI=1S/C9H16N4/c10-4-8-6-13(7-12-8)9-2-1-3-11-5-9/h6-7,9,11H,1-5,10H2. The lowest BCUT2D eigenvalue weighted by Gasteiger charge is -2.23. The number of nitrogens with two attached hydrogens (primary N) is 1. The van der Waals surface area contributed by atoms with Crippen LogP contribution in [0.25, 0.3) is 0 Å². The molecule has 0 aromatic carbocycles. The Kier molecular flexibility index (Phi) is 2.61. The van der Waals surface area contributed by atoms with Gasteiger partial charge in [-0.15, -0.1) is 0 Å². The van der Waals surface area contributed by atoms with Crippen molar-refractivity contribution >= 4 is 0 Å². The van der Waals surface area contributed by atoms with Crippen LogP contribution >= 0.6 is 0 Å². The molecule has 0 saturated carbocycles. The van der Waals surface area contributed by atoms with Gasteiger partial charge in [-0.2, -0.15) is 0 Å². The number of piperidine rings is 1. The second-order valence-electron chi connectivity index (χ2n) is 3.52. The topological polar surface area (TPSA) is 55.9 Å². The van der Waals surface area contributed by atoms with Crippen LogP contribution in [0.2, 0.25) is 0 Å². The molecule has 1 aliphatic rings. The van der Waals surface area contributed by atoms with Gasteiger partial charge in [-0.1, -0.05) is 0 Å². The summed E-state index contributed by atoms with van der Waals surface area (Å²) in [4.78, 5) is 4.22. The SMILES string of the molecule is NCc1cn(C2CCCNC2)cn1. The minimum Gasteiger partial charge on any atom is -0.333 e. The van der Waals surface area contributed by atoms with Gasteiger partial charge in [0.1, 0.15) is 0 Å². The largest absolute Gasteiger partial charge is 0.333 e. The summed E-state index contributed by atoms with van der Waals surface area (Å²) in [6.45, 7) is 2.74. The van der Waals surface area contributed by atoms with E-state index in [0.29, 0.717) is 12.6 Å². The van der Waals surface area contributed by atoms with Crippen molar-refractivity contribution in [3.8, 4) is 0 Å². The number of nitrogens with one attached hydrogen (secondary N) is 1. The monoisotopic (exact) mass is 180 g/mol. The quantitative estimate of drug-likeness (QED) is 0.686. The van der Waals surface area contributed by atoms with Gasteiger partial charge < -0.3 is 15.6 Å². The fraction of sp³-hybridized carbons (Fsp3) is 0.667. The number of nitrogens with zero attached hydrogens (tertiary/aromatic N) is 2. The van der Waals surface area contributed by atoms with E-state index in [1.165, 1.54) is 12.8 Å². The maximum absolute atomic E-state index is 5.50. The Morgan fingerprint density at radius 2 is 2.62 bits per heavy atom. The molecule has 1 aliphatic heterocycles. The minimum atomic E-state index is 0.535. The van der Waals surface area contributed by atoms with Gasteiger partial charge in [0.05, 0.1) is 12.0 Å². The Morgan fingerprint density at radius 1 is 1.69 bits per heavy atom. The number of rotatable bonds is 2. The molecule has 1 fully saturated rings. The highest BCUT2D eigenvalue weighted by atomic mass is 15.1. The third-order valence-electron chi connectivity index (χ3n) is 2.56. The maximum atomic E-state index is 5.50. The maximum Gasteiger partial charge on any atom is 0.0953 e. The number of hydrogen-bond acceptors (Lipinski definition) is 3. The average Bonchev–Trinajstić information content (AvgIpc) is 2.67. The first-order valence-corrected chi connectivity index (χ1v) is 4.83. The normalized spacial score (nSPS) is 23.3. The summed E-state index contributed by atoms with van der Waals surface area (Å²) in [5, 5.41) is 3.38. The Labute approximate surface area is 78.1 Å². The molecule has 72 valence electrons. The van der Waals surface area contributed by atoms with Crippen LogP contribution in [-0.4, -0.2) is 22.6 Å². The predicted molar refractivity (Wildman–Crippen MR) is 51.3 cm³/mol. The third-order valence-corrected chi connectivity index (χ3v) is 2.56. The summed E-state index contributed by atoms with van der Waals surface area (Å²) in [7, 11) is 0. The second kappa shape index (κ2) is 3.89. The molecule has 0 aliphatic carbocycles. The van der Waals surface area contributed by atoms with Crippen molar-refractivity contribution in [3.63, 3.8) is 0 Å². The molecule has 13 heavy (non-hydrogen) atoms. The fourth-order valence-electron chi connectivity index (χ4n) is 1.77. The van der Waals surface area contributed by atoms with Crippen LogP contribution in [0.15, 0.2) is 12.5 Å². The Balaban J connectivity index is 2.05. The summed E-state index contributed by atoms with van der Waals surface area (Å²) in [5.41, 5.74) is 6.48. The summed E-state index contributed by atoms with van der Waals surface area (Å²) >= 11 is 0. The van der Waals surface area contributed by atoms with Crippen molar-refractivity contribution < 1.29 is 0 Å². The zero-order valence-corrected chi connectivity index (χ0v) is 7.74. The van der Waals surface area contributed by atoms with E-state index in [4.69, 9.17) is 5.73 Å². The van der Waals surface area contributed by atoms with E-state index in [2.05, 4.69) is 21.1 Å². The van der Waals surface area contributed by atoms with E-state index in [-0.39, 0.29) is 0 Å². The summed E-state index contributed by atoms with van der Waals surface area (Å²) in [6, 6.07) is 0.571. The molecule has 1 unspecified atom stereocenters. The molecular formula is C9H16N4. The molecule has 0 spiro atoms. The zero-order valence-electron chi connectivity index (χ0n) is 7.74. The van der Waals surface area contributed by atoms with Gasteiger partial charge in [0, 0.05) is 25.3 Å². The van der Waals surface area contributed by atoms with Gasteiger partial charge in [0.2, 0.25) is 0 Å². The van der Waals surface area contributed by atoms with Gasteiger partial charge in [0.15, 0.2) is 0 Å². The molecule has 0 bridgehead atoms. The molecule has 0 radical (unpaired) electrons. The molecule has 2 heterocycles. The van der Waals surface area contributed by atoms with Crippen molar-refractivity contribution in [1.82, 2.24) is 14.9 Å². The highest BCUT2D eigenvalue weighted by Crippen LogP contribution is 2.16.